The molecule has 0 unspecified atom stereocenters. The molecule has 37 heavy (non-hydrogen) atoms. The number of furan rings is 2. The van der Waals surface area contributed by atoms with Gasteiger partial charge in [-0.05, 0) is 74.9 Å². The van der Waals surface area contributed by atoms with Crippen LogP contribution in [0.2, 0.25) is 0 Å². The maximum absolute atomic E-state index is 13.7. The molecule has 2 amide bonds. The fraction of sp³-hybridized carbons (Fsp3) is 0.346. The average molecular weight is 507 g/mol. The number of aromatic nitrogens is 4. The van der Waals surface area contributed by atoms with E-state index in [2.05, 4.69) is 20.7 Å². The molecule has 0 radical (unpaired) electrons. The molecule has 3 heterocycles. The van der Waals surface area contributed by atoms with Crippen molar-refractivity contribution in [2.45, 2.75) is 52.4 Å². The Hall–Kier alpha value is -4.41. The Morgan fingerprint density at radius 1 is 1.14 bits per heavy atom. The highest BCUT2D eigenvalue weighted by Gasteiger charge is 2.35. The zero-order chi connectivity index (χ0) is 26.6. The normalized spacial score (nSPS) is 12.2. The number of carbonyl (C=O) groups excluding carboxylic acids is 2. The highest BCUT2D eigenvalue weighted by molar-refractivity contribution is 5.88. The summed E-state index contributed by atoms with van der Waals surface area (Å²) in [4.78, 5) is 29.8. The third kappa shape index (κ3) is 6.43. The number of methoxy groups -OCH3 is 1. The van der Waals surface area contributed by atoms with Crippen molar-refractivity contribution in [3.8, 4) is 17.3 Å². The van der Waals surface area contributed by atoms with Crippen LogP contribution in [0.5, 0.6) is 5.75 Å². The lowest BCUT2D eigenvalue weighted by Gasteiger charge is -2.32. The van der Waals surface area contributed by atoms with Crippen molar-refractivity contribution in [1.29, 1.82) is 0 Å². The SMILES string of the molecule is COc1ccc(CN(C(=O)Cn2nnc(-c3ccc(C)o3)n2)[C@@H](C(=O)NC(C)(C)C)c2ccco2)cc1. The highest BCUT2D eigenvalue weighted by atomic mass is 16.5. The minimum atomic E-state index is -1.03. The first-order valence-electron chi connectivity index (χ1n) is 11.8. The minimum Gasteiger partial charge on any atom is -0.497 e. The van der Waals surface area contributed by atoms with Crippen LogP contribution < -0.4 is 10.1 Å². The van der Waals surface area contributed by atoms with Gasteiger partial charge in [0.1, 0.15) is 23.8 Å². The maximum atomic E-state index is 13.7. The zero-order valence-electron chi connectivity index (χ0n) is 21.5. The molecule has 11 nitrogen and oxygen atoms in total. The summed E-state index contributed by atoms with van der Waals surface area (Å²) in [6.07, 6.45) is 1.47. The Bertz CT molecular complexity index is 1330. The lowest BCUT2D eigenvalue weighted by atomic mass is 10.1. The summed E-state index contributed by atoms with van der Waals surface area (Å²) in [5.41, 5.74) is 0.271. The van der Waals surface area contributed by atoms with Crippen molar-refractivity contribution >= 4 is 11.8 Å². The number of aryl methyl sites for hydroxylation is 1. The lowest BCUT2D eigenvalue weighted by molar-refractivity contribution is -0.143. The molecular weight excluding hydrogens is 476 g/mol. The van der Waals surface area contributed by atoms with E-state index in [-0.39, 0.29) is 24.8 Å². The Morgan fingerprint density at radius 2 is 1.89 bits per heavy atom. The molecule has 0 aliphatic carbocycles. The molecule has 0 spiro atoms. The number of amides is 2. The van der Waals surface area contributed by atoms with E-state index in [4.69, 9.17) is 13.6 Å². The molecule has 0 fully saturated rings. The van der Waals surface area contributed by atoms with Crippen molar-refractivity contribution in [2.24, 2.45) is 0 Å². The molecule has 1 aromatic carbocycles. The Morgan fingerprint density at radius 3 is 2.49 bits per heavy atom. The second-order valence-electron chi connectivity index (χ2n) is 9.58. The Labute approximate surface area is 214 Å². The summed E-state index contributed by atoms with van der Waals surface area (Å²) in [5, 5.41) is 15.3. The van der Waals surface area contributed by atoms with Gasteiger partial charge in [0.2, 0.25) is 11.7 Å². The van der Waals surface area contributed by atoms with E-state index < -0.39 is 17.5 Å². The number of tetrazole rings is 1. The van der Waals surface area contributed by atoms with Gasteiger partial charge in [-0.25, -0.2) is 0 Å². The van der Waals surface area contributed by atoms with Gasteiger partial charge in [-0.2, -0.15) is 4.80 Å². The van der Waals surface area contributed by atoms with Gasteiger partial charge in [-0.3, -0.25) is 9.59 Å². The van der Waals surface area contributed by atoms with E-state index >= 15 is 0 Å². The number of nitrogens with zero attached hydrogens (tertiary/aromatic N) is 5. The first-order chi connectivity index (χ1) is 17.6. The summed E-state index contributed by atoms with van der Waals surface area (Å²) >= 11 is 0. The molecule has 4 rings (SSSR count). The molecule has 0 aliphatic rings. The minimum absolute atomic E-state index is 0.130. The largest absolute Gasteiger partial charge is 0.497 e. The van der Waals surface area contributed by atoms with E-state index in [9.17, 15) is 9.59 Å². The van der Waals surface area contributed by atoms with Crippen LogP contribution in [0, 0.1) is 6.92 Å². The Kier molecular flexibility index (Phi) is 7.42. The van der Waals surface area contributed by atoms with E-state index in [0.29, 0.717) is 23.0 Å². The van der Waals surface area contributed by atoms with Gasteiger partial charge in [-0.1, -0.05) is 12.1 Å². The smallest absolute Gasteiger partial charge is 0.251 e. The standard InChI is InChI=1S/C26H30N6O5/c1-17-8-13-21(37-17)24-28-30-32(29-24)16-22(33)31(15-18-9-11-19(35-5)12-10-18)23(20-7-6-14-36-20)25(34)27-26(2,3)4/h6-14,23H,15-16H2,1-5H3,(H,27,34)/t23-/m1/s1. The van der Waals surface area contributed by atoms with Crippen molar-refractivity contribution in [1.82, 2.24) is 30.4 Å². The van der Waals surface area contributed by atoms with E-state index in [1.807, 2.05) is 39.8 Å². The number of benzene rings is 1. The quantitative estimate of drug-likeness (QED) is 0.365. The number of hydrogen-bond acceptors (Lipinski definition) is 8. The molecule has 11 heteroatoms. The van der Waals surface area contributed by atoms with Crippen LogP contribution in [0.15, 0.2) is 63.6 Å². The van der Waals surface area contributed by atoms with Crippen LogP contribution in [-0.2, 0) is 22.7 Å². The third-order valence-electron chi connectivity index (χ3n) is 5.39. The number of nitrogens with one attached hydrogen (secondary N) is 1. The van der Waals surface area contributed by atoms with Gasteiger partial charge >= 0.3 is 0 Å². The van der Waals surface area contributed by atoms with Crippen molar-refractivity contribution in [3.63, 3.8) is 0 Å². The van der Waals surface area contributed by atoms with Gasteiger partial charge < -0.3 is 23.8 Å². The summed E-state index contributed by atoms with van der Waals surface area (Å²) in [5.74, 6) is 1.66. The molecule has 0 saturated heterocycles. The van der Waals surface area contributed by atoms with E-state index in [1.165, 1.54) is 16.0 Å². The fourth-order valence-corrected chi connectivity index (χ4v) is 3.74. The number of rotatable bonds is 9. The molecule has 0 bridgehead atoms. The van der Waals surface area contributed by atoms with Gasteiger partial charge in [0.25, 0.3) is 5.91 Å². The van der Waals surface area contributed by atoms with Crippen LogP contribution in [0.1, 0.15) is 43.9 Å². The van der Waals surface area contributed by atoms with Gasteiger partial charge in [0, 0.05) is 12.1 Å². The fourth-order valence-electron chi connectivity index (χ4n) is 3.74. The molecule has 194 valence electrons. The van der Waals surface area contributed by atoms with Crippen LogP contribution >= 0.6 is 0 Å². The van der Waals surface area contributed by atoms with Gasteiger partial charge in [0.15, 0.2) is 11.8 Å². The highest BCUT2D eigenvalue weighted by Crippen LogP contribution is 2.26. The molecule has 0 aliphatic heterocycles. The van der Waals surface area contributed by atoms with E-state index in [1.54, 1.807) is 43.5 Å². The summed E-state index contributed by atoms with van der Waals surface area (Å²) in [6.45, 7) is 7.31. The van der Waals surface area contributed by atoms with Crippen LogP contribution in [-0.4, -0.2) is 49.6 Å². The van der Waals surface area contributed by atoms with E-state index in [0.717, 1.165) is 5.56 Å². The number of carbonyl (C=O) groups is 2. The monoisotopic (exact) mass is 506 g/mol. The number of ether oxygens (including phenoxy) is 1. The van der Waals surface area contributed by atoms with Crippen LogP contribution in [0.25, 0.3) is 11.6 Å². The van der Waals surface area contributed by atoms with Gasteiger partial charge in [0.05, 0.1) is 13.4 Å². The van der Waals surface area contributed by atoms with Crippen LogP contribution in [0.3, 0.4) is 0 Å². The second-order valence-corrected chi connectivity index (χ2v) is 9.58. The topological polar surface area (TPSA) is 129 Å². The van der Waals surface area contributed by atoms with Crippen molar-refractivity contribution < 1.29 is 23.2 Å². The zero-order valence-corrected chi connectivity index (χ0v) is 21.5. The molecule has 1 N–H and O–H groups in total. The van der Waals surface area contributed by atoms with Crippen molar-refractivity contribution in [2.75, 3.05) is 7.11 Å². The Balaban J connectivity index is 1.66. The lowest BCUT2D eigenvalue weighted by Crippen LogP contribution is -2.49. The first kappa shape index (κ1) is 25.7. The molecular formula is C26H30N6O5. The number of hydrogen-bond donors (Lipinski definition) is 1. The third-order valence-corrected chi connectivity index (χ3v) is 5.39. The summed E-state index contributed by atoms with van der Waals surface area (Å²) in [7, 11) is 1.58. The van der Waals surface area contributed by atoms with Crippen molar-refractivity contribution in [3.05, 3.63) is 71.9 Å². The molecule has 1 atom stereocenters. The predicted molar refractivity (Wildman–Crippen MR) is 133 cm³/mol. The van der Waals surface area contributed by atoms with Crippen LogP contribution in [0.4, 0.5) is 0 Å². The summed E-state index contributed by atoms with van der Waals surface area (Å²) in [6, 6.07) is 13.1. The predicted octanol–water partition coefficient (Wildman–Crippen LogP) is 3.53. The maximum Gasteiger partial charge on any atom is 0.251 e. The summed E-state index contributed by atoms with van der Waals surface area (Å²) < 4.78 is 16.4. The second kappa shape index (κ2) is 10.7. The molecule has 0 saturated carbocycles. The molecule has 4 aromatic rings. The average Bonchev–Trinajstić information content (AvgIpc) is 3.60. The van der Waals surface area contributed by atoms with Gasteiger partial charge in [-0.15, -0.1) is 10.2 Å². The molecule has 3 aromatic heterocycles. The first-order valence-corrected chi connectivity index (χ1v) is 11.8.